The number of carbonyl (C=O) groups is 3. The lowest BCUT2D eigenvalue weighted by atomic mass is 10.1. The molecule has 3 rings (SSSR count). The number of thioether (sulfide) groups is 1. The van der Waals surface area contributed by atoms with Crippen LogP contribution in [0.1, 0.15) is 35.7 Å². The molecule has 0 radical (unpaired) electrons. The van der Waals surface area contributed by atoms with Crippen LogP contribution in [0.4, 0.5) is 0 Å². The van der Waals surface area contributed by atoms with E-state index in [9.17, 15) is 14.4 Å². The Kier molecular flexibility index (Phi) is 4.06. The van der Waals surface area contributed by atoms with E-state index < -0.39 is 17.9 Å². The summed E-state index contributed by atoms with van der Waals surface area (Å²) in [4.78, 5) is 37.2. The standard InChI is InChI=1S/C16H18N2O4S/c1-16-7-6-13(19)18(16)12(9-23-16)15(21)22-8-10-4-2-3-5-11(10)14(17)20/h2-5,12H,6-9H2,1H3,(H2,17,20). The van der Waals surface area contributed by atoms with E-state index in [4.69, 9.17) is 10.5 Å². The van der Waals surface area contributed by atoms with E-state index in [-0.39, 0.29) is 17.4 Å². The second-order valence-electron chi connectivity index (χ2n) is 5.89. The summed E-state index contributed by atoms with van der Waals surface area (Å²) in [6.07, 6.45) is 1.22. The van der Waals surface area contributed by atoms with Crippen molar-refractivity contribution < 1.29 is 19.1 Å². The first kappa shape index (κ1) is 15.9. The van der Waals surface area contributed by atoms with Crippen LogP contribution in [-0.4, -0.2) is 39.3 Å². The summed E-state index contributed by atoms with van der Waals surface area (Å²) in [5, 5.41) is 0. The third-order valence-electron chi connectivity index (χ3n) is 4.37. The summed E-state index contributed by atoms with van der Waals surface area (Å²) in [7, 11) is 0. The number of benzene rings is 1. The summed E-state index contributed by atoms with van der Waals surface area (Å²) in [5.74, 6) is -0.457. The van der Waals surface area contributed by atoms with Gasteiger partial charge in [0.05, 0.1) is 4.87 Å². The average molecular weight is 334 g/mol. The third-order valence-corrected chi connectivity index (χ3v) is 5.87. The van der Waals surface area contributed by atoms with Crippen LogP contribution in [0, 0.1) is 0 Å². The first-order valence-electron chi connectivity index (χ1n) is 7.43. The molecule has 2 amide bonds. The maximum absolute atomic E-state index is 12.4. The maximum atomic E-state index is 12.4. The quantitative estimate of drug-likeness (QED) is 0.838. The summed E-state index contributed by atoms with van der Waals surface area (Å²) < 4.78 is 5.35. The minimum absolute atomic E-state index is 0.00279. The van der Waals surface area contributed by atoms with E-state index >= 15 is 0 Å². The topological polar surface area (TPSA) is 89.7 Å². The monoisotopic (exact) mass is 334 g/mol. The first-order chi connectivity index (χ1) is 10.9. The Morgan fingerprint density at radius 1 is 1.43 bits per heavy atom. The molecule has 2 atom stereocenters. The Hall–Kier alpha value is -2.02. The Balaban J connectivity index is 1.69. The van der Waals surface area contributed by atoms with Crippen molar-refractivity contribution >= 4 is 29.5 Å². The molecule has 7 heteroatoms. The van der Waals surface area contributed by atoms with Crippen LogP contribution in [0.3, 0.4) is 0 Å². The summed E-state index contributed by atoms with van der Waals surface area (Å²) in [6.45, 7) is 1.95. The molecule has 2 unspecified atom stereocenters. The van der Waals surface area contributed by atoms with Crippen molar-refractivity contribution in [2.24, 2.45) is 5.73 Å². The lowest BCUT2D eigenvalue weighted by Crippen LogP contribution is -2.46. The molecule has 0 aliphatic carbocycles. The van der Waals surface area contributed by atoms with Gasteiger partial charge in [0, 0.05) is 23.3 Å². The fourth-order valence-electron chi connectivity index (χ4n) is 3.13. The second-order valence-corrected chi connectivity index (χ2v) is 7.40. The Morgan fingerprint density at radius 2 is 2.17 bits per heavy atom. The number of hydrogen-bond donors (Lipinski definition) is 1. The van der Waals surface area contributed by atoms with Crippen LogP contribution >= 0.6 is 11.8 Å². The third kappa shape index (κ3) is 2.81. The fraction of sp³-hybridized carbons (Fsp3) is 0.438. The molecule has 2 aliphatic heterocycles. The Bertz CT molecular complexity index is 678. The molecule has 6 nitrogen and oxygen atoms in total. The van der Waals surface area contributed by atoms with Crippen LogP contribution in [-0.2, 0) is 20.9 Å². The number of rotatable bonds is 4. The summed E-state index contributed by atoms with van der Waals surface area (Å²) >= 11 is 1.62. The van der Waals surface area contributed by atoms with Crippen molar-refractivity contribution in [1.29, 1.82) is 0 Å². The van der Waals surface area contributed by atoms with Gasteiger partial charge >= 0.3 is 5.97 Å². The highest BCUT2D eigenvalue weighted by Crippen LogP contribution is 2.47. The van der Waals surface area contributed by atoms with Gasteiger partial charge in [0.25, 0.3) is 0 Å². The van der Waals surface area contributed by atoms with Gasteiger partial charge in [-0.05, 0) is 19.4 Å². The van der Waals surface area contributed by atoms with Crippen LogP contribution in [0.2, 0.25) is 0 Å². The highest BCUT2D eigenvalue weighted by atomic mass is 32.2. The number of fused-ring (bicyclic) bond motifs is 1. The molecule has 0 saturated carbocycles. The van der Waals surface area contributed by atoms with Crippen molar-refractivity contribution in [2.75, 3.05) is 5.75 Å². The van der Waals surface area contributed by atoms with E-state index in [1.807, 2.05) is 6.92 Å². The number of primary amides is 1. The number of esters is 1. The van der Waals surface area contributed by atoms with Crippen molar-refractivity contribution in [3.63, 3.8) is 0 Å². The number of amides is 2. The van der Waals surface area contributed by atoms with Crippen molar-refractivity contribution in [3.05, 3.63) is 35.4 Å². The van der Waals surface area contributed by atoms with Crippen molar-refractivity contribution in [2.45, 2.75) is 37.3 Å². The van der Waals surface area contributed by atoms with Gasteiger partial charge in [-0.15, -0.1) is 11.8 Å². The lowest BCUT2D eigenvalue weighted by Gasteiger charge is -2.29. The minimum Gasteiger partial charge on any atom is -0.459 e. The van der Waals surface area contributed by atoms with Gasteiger partial charge in [-0.2, -0.15) is 0 Å². The molecule has 2 aliphatic rings. The Labute approximate surface area is 138 Å². The van der Waals surface area contributed by atoms with E-state index in [2.05, 4.69) is 0 Å². The highest BCUT2D eigenvalue weighted by Gasteiger charge is 2.53. The zero-order valence-corrected chi connectivity index (χ0v) is 13.6. The fourth-order valence-corrected chi connectivity index (χ4v) is 4.54. The van der Waals surface area contributed by atoms with Gasteiger partial charge < -0.3 is 15.4 Å². The summed E-state index contributed by atoms with van der Waals surface area (Å²) in [5.41, 5.74) is 6.21. The predicted molar refractivity (Wildman–Crippen MR) is 85.5 cm³/mol. The van der Waals surface area contributed by atoms with Gasteiger partial charge in [-0.1, -0.05) is 18.2 Å². The van der Waals surface area contributed by atoms with Gasteiger partial charge in [0.2, 0.25) is 11.8 Å². The van der Waals surface area contributed by atoms with Gasteiger partial charge in [-0.3, -0.25) is 9.59 Å². The van der Waals surface area contributed by atoms with Gasteiger partial charge in [0.15, 0.2) is 0 Å². The molecule has 23 heavy (non-hydrogen) atoms. The molecule has 122 valence electrons. The SMILES string of the molecule is CC12CCC(=O)N1C(C(=O)OCc1ccccc1C(N)=O)CS2. The molecule has 2 heterocycles. The maximum Gasteiger partial charge on any atom is 0.330 e. The number of nitrogens with two attached hydrogens (primary N) is 1. The second kappa shape index (κ2) is 5.88. The molecule has 1 aromatic rings. The van der Waals surface area contributed by atoms with Crippen molar-refractivity contribution in [1.82, 2.24) is 4.90 Å². The van der Waals surface area contributed by atoms with Crippen LogP contribution in [0.15, 0.2) is 24.3 Å². The number of ether oxygens (including phenoxy) is 1. The first-order valence-corrected chi connectivity index (χ1v) is 8.41. The predicted octanol–water partition coefficient (Wildman–Crippen LogP) is 1.28. The highest BCUT2D eigenvalue weighted by molar-refractivity contribution is 8.01. The normalized spacial score (nSPS) is 26.2. The molecular formula is C16H18N2O4S. The van der Waals surface area contributed by atoms with Crippen LogP contribution in [0.5, 0.6) is 0 Å². The lowest BCUT2D eigenvalue weighted by molar-refractivity contribution is -0.154. The molecule has 0 spiro atoms. The molecule has 2 fully saturated rings. The van der Waals surface area contributed by atoms with E-state index in [1.165, 1.54) is 0 Å². The van der Waals surface area contributed by atoms with Crippen LogP contribution < -0.4 is 5.73 Å². The van der Waals surface area contributed by atoms with Gasteiger partial charge in [0.1, 0.15) is 12.6 Å². The largest absolute Gasteiger partial charge is 0.459 e. The zero-order chi connectivity index (χ0) is 16.6. The molecule has 0 bridgehead atoms. The van der Waals surface area contributed by atoms with E-state index in [1.54, 1.807) is 40.9 Å². The van der Waals surface area contributed by atoms with E-state index in [0.717, 1.165) is 6.42 Å². The van der Waals surface area contributed by atoms with Gasteiger partial charge in [-0.25, -0.2) is 4.79 Å². The van der Waals surface area contributed by atoms with Crippen LogP contribution in [0.25, 0.3) is 0 Å². The number of hydrogen-bond acceptors (Lipinski definition) is 5. The molecule has 1 aromatic carbocycles. The minimum atomic E-state index is -0.560. The van der Waals surface area contributed by atoms with E-state index in [0.29, 0.717) is 23.3 Å². The molecular weight excluding hydrogens is 316 g/mol. The van der Waals surface area contributed by atoms with Crippen molar-refractivity contribution in [3.8, 4) is 0 Å². The number of carbonyl (C=O) groups excluding carboxylic acids is 3. The summed E-state index contributed by atoms with van der Waals surface area (Å²) in [6, 6.07) is 6.19. The molecule has 2 N–H and O–H groups in total. The smallest absolute Gasteiger partial charge is 0.330 e. The average Bonchev–Trinajstić information content (AvgIpc) is 3.02. The molecule has 2 saturated heterocycles. The number of nitrogens with zero attached hydrogens (tertiary/aromatic N) is 1. The zero-order valence-electron chi connectivity index (χ0n) is 12.8. The molecule has 0 aromatic heterocycles. The Morgan fingerprint density at radius 3 is 2.91 bits per heavy atom.